The van der Waals surface area contributed by atoms with Gasteiger partial charge in [-0.3, -0.25) is 10.2 Å². The average molecular weight is 594 g/mol. The zero-order chi connectivity index (χ0) is 28.2. The number of nitrogens with one attached hydrogen (secondary N) is 3. The lowest BCUT2D eigenvalue weighted by molar-refractivity contribution is -0.124. The number of amides is 1. The minimum absolute atomic E-state index is 0.0479. The summed E-state index contributed by atoms with van der Waals surface area (Å²) < 4.78 is 34.6. The highest BCUT2D eigenvalue weighted by Gasteiger charge is 2.40. The second-order valence-corrected chi connectivity index (χ2v) is 11.8. The number of hydrogen-bond donors (Lipinski definition) is 4. The van der Waals surface area contributed by atoms with Crippen molar-refractivity contribution in [3.8, 4) is 5.75 Å². The predicted octanol–water partition coefficient (Wildman–Crippen LogP) is 3.57. The standard InChI is InChI=1S/C26H30Cl2N6O4S/c1-16-8-9-17-5-2-7-21(24(17)33-16)38-15-18-19(27)10-11-22(23(18)28)39(36,37)34-14-3-6-20(34)25(35)31-12-4-13-32-26(29)30/h2,5,7-11,20H,3-4,6,12-15H2,1H3,(H,31,35)(H4,29,30,32)/t20-/m0/s1. The smallest absolute Gasteiger partial charge is 0.245 e. The van der Waals surface area contributed by atoms with Gasteiger partial charge in [-0.2, -0.15) is 4.31 Å². The highest BCUT2D eigenvalue weighted by molar-refractivity contribution is 7.89. The van der Waals surface area contributed by atoms with Gasteiger partial charge in [0.2, 0.25) is 15.9 Å². The van der Waals surface area contributed by atoms with Crippen LogP contribution in [0.4, 0.5) is 0 Å². The van der Waals surface area contributed by atoms with Crippen molar-refractivity contribution >= 4 is 56.0 Å². The molecule has 1 saturated heterocycles. The summed E-state index contributed by atoms with van der Waals surface area (Å²) in [6, 6.07) is 11.4. The van der Waals surface area contributed by atoms with E-state index in [1.54, 1.807) is 6.07 Å². The molecule has 0 bridgehead atoms. The highest BCUT2D eigenvalue weighted by Crippen LogP contribution is 2.36. The first-order valence-corrected chi connectivity index (χ1v) is 14.6. The van der Waals surface area contributed by atoms with Crippen LogP contribution >= 0.6 is 23.2 Å². The molecule has 1 aliphatic heterocycles. The lowest BCUT2D eigenvalue weighted by atomic mass is 10.2. The number of carbonyl (C=O) groups excluding carboxylic acids is 1. The van der Waals surface area contributed by atoms with Crippen molar-refractivity contribution in [2.45, 2.75) is 43.7 Å². The number of hydrogen-bond acceptors (Lipinski definition) is 6. The van der Waals surface area contributed by atoms with Crippen LogP contribution in [0.25, 0.3) is 10.9 Å². The van der Waals surface area contributed by atoms with E-state index in [2.05, 4.69) is 15.6 Å². The molecular weight excluding hydrogens is 563 g/mol. The van der Waals surface area contributed by atoms with Crippen LogP contribution in [0.5, 0.6) is 5.75 Å². The minimum atomic E-state index is -4.12. The highest BCUT2D eigenvalue weighted by atomic mass is 35.5. The molecule has 1 atom stereocenters. The number of pyridine rings is 1. The van der Waals surface area contributed by atoms with E-state index in [1.807, 2.05) is 31.2 Å². The van der Waals surface area contributed by atoms with E-state index in [9.17, 15) is 13.2 Å². The number of guanidine groups is 1. The van der Waals surface area contributed by atoms with E-state index in [4.69, 9.17) is 39.1 Å². The number of rotatable bonds is 10. The lowest BCUT2D eigenvalue weighted by Gasteiger charge is -2.24. The average Bonchev–Trinajstić information content (AvgIpc) is 3.39. The van der Waals surface area contributed by atoms with Gasteiger partial charge in [0.1, 0.15) is 28.8 Å². The first-order chi connectivity index (χ1) is 18.6. The van der Waals surface area contributed by atoms with Crippen LogP contribution in [0.15, 0.2) is 47.4 Å². The number of carbonyl (C=O) groups is 1. The molecule has 2 heterocycles. The number of aromatic nitrogens is 1. The maximum atomic E-state index is 13.7. The van der Waals surface area contributed by atoms with E-state index < -0.39 is 16.1 Å². The fourth-order valence-corrected chi connectivity index (χ4v) is 6.97. The molecule has 2 aromatic carbocycles. The summed E-state index contributed by atoms with van der Waals surface area (Å²) in [5.74, 6) is -0.0134. The Bertz CT molecular complexity index is 1500. The van der Waals surface area contributed by atoms with E-state index in [0.717, 1.165) is 11.1 Å². The Balaban J connectivity index is 1.52. The van der Waals surface area contributed by atoms with Gasteiger partial charge in [-0.1, -0.05) is 41.4 Å². The van der Waals surface area contributed by atoms with Crippen molar-refractivity contribution < 1.29 is 17.9 Å². The van der Waals surface area contributed by atoms with Gasteiger partial charge in [-0.25, -0.2) is 13.4 Å². The molecule has 0 spiro atoms. The van der Waals surface area contributed by atoms with Gasteiger partial charge in [0.05, 0.1) is 5.02 Å². The summed E-state index contributed by atoms with van der Waals surface area (Å²) >= 11 is 13.1. The topological polar surface area (TPSA) is 150 Å². The maximum Gasteiger partial charge on any atom is 0.245 e. The van der Waals surface area contributed by atoms with Crippen LogP contribution in [0, 0.1) is 12.3 Å². The zero-order valence-corrected chi connectivity index (χ0v) is 23.7. The number of ether oxygens (including phenoxy) is 1. The van der Waals surface area contributed by atoms with E-state index >= 15 is 0 Å². The Labute approximate surface area is 237 Å². The van der Waals surface area contributed by atoms with Crippen LogP contribution in [-0.4, -0.2) is 55.2 Å². The number of aryl methyl sites for hydroxylation is 1. The Hall–Kier alpha value is -3.12. The molecule has 208 valence electrons. The third-order valence-corrected chi connectivity index (χ3v) is 9.25. The largest absolute Gasteiger partial charge is 0.487 e. The van der Waals surface area contributed by atoms with Gasteiger partial charge >= 0.3 is 0 Å². The molecule has 1 aliphatic rings. The first-order valence-electron chi connectivity index (χ1n) is 12.4. The number of sulfonamides is 1. The molecule has 3 aromatic rings. The van der Waals surface area contributed by atoms with E-state index in [1.165, 1.54) is 16.4 Å². The number of fused-ring (bicyclic) bond motifs is 1. The molecule has 0 aliphatic carbocycles. The summed E-state index contributed by atoms with van der Waals surface area (Å²) in [7, 11) is -4.12. The van der Waals surface area contributed by atoms with Crippen LogP contribution in [0.3, 0.4) is 0 Å². The van der Waals surface area contributed by atoms with E-state index in [-0.39, 0.29) is 40.0 Å². The number of nitrogens with two attached hydrogens (primary N) is 1. The quantitative estimate of drug-likeness (QED) is 0.159. The van der Waals surface area contributed by atoms with Gasteiger partial charge in [0.15, 0.2) is 5.96 Å². The molecule has 1 fully saturated rings. The summed E-state index contributed by atoms with van der Waals surface area (Å²) in [6.07, 6.45) is 1.46. The van der Waals surface area contributed by atoms with Crippen molar-refractivity contribution in [1.29, 1.82) is 5.41 Å². The maximum absolute atomic E-state index is 13.7. The monoisotopic (exact) mass is 592 g/mol. The molecule has 0 radical (unpaired) electrons. The Morgan fingerprint density at radius 1 is 1.18 bits per heavy atom. The van der Waals surface area contributed by atoms with Gasteiger partial charge in [-0.15, -0.1) is 0 Å². The molecule has 1 aromatic heterocycles. The van der Waals surface area contributed by atoms with Crippen LogP contribution in [0.2, 0.25) is 10.0 Å². The number of para-hydroxylation sites is 1. The molecule has 39 heavy (non-hydrogen) atoms. The zero-order valence-electron chi connectivity index (χ0n) is 21.3. The third kappa shape index (κ3) is 6.55. The second kappa shape index (κ2) is 12.4. The summed E-state index contributed by atoms with van der Waals surface area (Å²) in [5, 5.41) is 13.7. The Morgan fingerprint density at radius 3 is 2.72 bits per heavy atom. The predicted molar refractivity (Wildman–Crippen MR) is 152 cm³/mol. The Morgan fingerprint density at radius 2 is 1.95 bits per heavy atom. The van der Waals surface area contributed by atoms with Crippen LogP contribution < -0.4 is 21.1 Å². The molecule has 10 nitrogen and oxygen atoms in total. The van der Waals surface area contributed by atoms with Crippen molar-refractivity contribution in [1.82, 2.24) is 19.9 Å². The summed E-state index contributed by atoms with van der Waals surface area (Å²) in [5.41, 5.74) is 7.08. The van der Waals surface area contributed by atoms with Gasteiger partial charge in [-0.05, 0) is 50.5 Å². The summed E-state index contributed by atoms with van der Waals surface area (Å²) in [6.45, 7) is 2.74. The number of halogens is 2. The van der Waals surface area contributed by atoms with Gasteiger partial charge in [0.25, 0.3) is 0 Å². The van der Waals surface area contributed by atoms with Crippen LogP contribution in [0.1, 0.15) is 30.5 Å². The van der Waals surface area contributed by atoms with Gasteiger partial charge < -0.3 is 21.1 Å². The van der Waals surface area contributed by atoms with Crippen molar-refractivity contribution in [3.05, 3.63) is 63.8 Å². The van der Waals surface area contributed by atoms with Crippen molar-refractivity contribution in [2.24, 2.45) is 5.73 Å². The fraction of sp³-hybridized carbons (Fsp3) is 0.346. The molecule has 13 heteroatoms. The molecule has 1 amide bonds. The first kappa shape index (κ1) is 28.9. The van der Waals surface area contributed by atoms with Crippen molar-refractivity contribution in [2.75, 3.05) is 19.6 Å². The normalized spacial score (nSPS) is 15.8. The van der Waals surface area contributed by atoms with Crippen molar-refractivity contribution in [3.63, 3.8) is 0 Å². The SMILES string of the molecule is Cc1ccc2cccc(OCc3c(Cl)ccc(S(=O)(=O)N4CCC[C@H]4C(=O)NCCCNC(=N)N)c3Cl)c2n1. The van der Waals surface area contributed by atoms with Gasteiger partial charge in [0, 0.05) is 41.3 Å². The number of nitrogens with zero attached hydrogens (tertiary/aromatic N) is 2. The minimum Gasteiger partial charge on any atom is -0.487 e. The van der Waals surface area contributed by atoms with E-state index in [0.29, 0.717) is 49.2 Å². The molecule has 5 N–H and O–H groups in total. The molecule has 0 unspecified atom stereocenters. The molecular formula is C26H30Cl2N6O4S. The summed E-state index contributed by atoms with van der Waals surface area (Å²) in [4.78, 5) is 17.3. The van der Waals surface area contributed by atoms with Crippen LogP contribution in [-0.2, 0) is 21.4 Å². The second-order valence-electron chi connectivity index (χ2n) is 9.17. The fourth-order valence-electron chi connectivity index (χ4n) is 4.45. The number of benzene rings is 2. The molecule has 0 saturated carbocycles. The lowest BCUT2D eigenvalue weighted by Crippen LogP contribution is -2.46. The Kier molecular flexibility index (Phi) is 9.16. The third-order valence-electron chi connectivity index (χ3n) is 6.41. The molecule has 4 rings (SSSR count).